The highest BCUT2D eigenvalue weighted by Crippen LogP contribution is 2.33. The van der Waals surface area contributed by atoms with Gasteiger partial charge in [0.2, 0.25) is 0 Å². The molecule has 7 heteroatoms. The van der Waals surface area contributed by atoms with Crippen molar-refractivity contribution in [2.24, 2.45) is 0 Å². The Morgan fingerprint density at radius 3 is 2.70 bits per heavy atom. The molecule has 2 aromatic heterocycles. The van der Waals surface area contributed by atoms with E-state index in [4.69, 9.17) is 9.97 Å². The predicted molar refractivity (Wildman–Crippen MR) is 117 cm³/mol. The van der Waals surface area contributed by atoms with Crippen LogP contribution in [0.2, 0.25) is 0 Å². The van der Waals surface area contributed by atoms with E-state index in [-0.39, 0.29) is 11.8 Å². The lowest BCUT2D eigenvalue weighted by Crippen LogP contribution is -2.39. The number of aromatic amines is 1. The summed E-state index contributed by atoms with van der Waals surface area (Å²) in [7, 11) is 0. The van der Waals surface area contributed by atoms with Gasteiger partial charge in [-0.2, -0.15) is 0 Å². The number of nitrogens with one attached hydrogen (secondary N) is 2. The Kier molecular flexibility index (Phi) is 4.68. The van der Waals surface area contributed by atoms with Crippen molar-refractivity contribution >= 4 is 22.8 Å². The van der Waals surface area contributed by atoms with Crippen LogP contribution in [-0.2, 0) is 6.42 Å². The summed E-state index contributed by atoms with van der Waals surface area (Å²) >= 11 is 0. The fourth-order valence-electron chi connectivity index (χ4n) is 4.51. The molecule has 30 heavy (non-hydrogen) atoms. The molecule has 0 aliphatic carbocycles. The molecule has 0 saturated carbocycles. The molecule has 7 nitrogen and oxygen atoms in total. The third-order valence-electron chi connectivity index (χ3n) is 6.23. The van der Waals surface area contributed by atoms with Gasteiger partial charge in [-0.25, -0.2) is 15.0 Å². The van der Waals surface area contributed by atoms with Crippen LogP contribution >= 0.6 is 0 Å². The quantitative estimate of drug-likeness (QED) is 0.698. The van der Waals surface area contributed by atoms with Crippen molar-refractivity contribution in [1.29, 1.82) is 0 Å². The minimum atomic E-state index is -0.0748. The number of fused-ring (bicyclic) bond motifs is 2. The molecule has 0 unspecified atom stereocenters. The number of aryl methyl sites for hydroxylation is 1. The molecule has 1 fully saturated rings. The van der Waals surface area contributed by atoms with Gasteiger partial charge in [-0.1, -0.05) is 19.9 Å². The highest BCUT2D eigenvalue weighted by molar-refractivity contribution is 5.96. The fourth-order valence-corrected chi connectivity index (χ4v) is 4.51. The second-order valence-electron chi connectivity index (χ2n) is 8.80. The normalized spacial score (nSPS) is 17.5. The number of rotatable bonds is 3. The molecular weight excluding hydrogens is 376 g/mol. The molecule has 156 valence electrons. The first-order valence-electron chi connectivity index (χ1n) is 10.9. The lowest BCUT2D eigenvalue weighted by molar-refractivity contribution is 0.0940. The standard InChI is InChI=1S/C23H28N6O/c1-13(2)20-27-19-16(6-9-24-23(19)30)22(28-20)29-10-7-15(8-11-29)21-25-17-5-4-14(3)12-18(17)26-21/h4-5,12-13,15H,6-11H2,1-3H3,(H,24,30)(H,25,26). The van der Waals surface area contributed by atoms with E-state index in [2.05, 4.69) is 59.2 Å². The van der Waals surface area contributed by atoms with Crippen LogP contribution in [0.15, 0.2) is 18.2 Å². The topological polar surface area (TPSA) is 86.8 Å². The number of amides is 1. The van der Waals surface area contributed by atoms with Gasteiger partial charge >= 0.3 is 0 Å². The summed E-state index contributed by atoms with van der Waals surface area (Å²) in [5.41, 5.74) is 4.96. The van der Waals surface area contributed by atoms with Gasteiger partial charge in [-0.3, -0.25) is 4.79 Å². The number of hydrogen-bond acceptors (Lipinski definition) is 5. The zero-order valence-electron chi connectivity index (χ0n) is 17.8. The minimum Gasteiger partial charge on any atom is -0.356 e. The molecule has 1 amide bonds. The summed E-state index contributed by atoms with van der Waals surface area (Å²) in [4.78, 5) is 32.6. The van der Waals surface area contributed by atoms with Crippen LogP contribution in [-0.4, -0.2) is 45.5 Å². The Morgan fingerprint density at radius 2 is 1.93 bits per heavy atom. The summed E-state index contributed by atoms with van der Waals surface area (Å²) in [6.45, 7) is 8.71. The van der Waals surface area contributed by atoms with Gasteiger partial charge in [0.05, 0.1) is 11.0 Å². The number of aromatic nitrogens is 4. The summed E-state index contributed by atoms with van der Waals surface area (Å²) in [6.07, 6.45) is 2.82. The Morgan fingerprint density at radius 1 is 1.13 bits per heavy atom. The van der Waals surface area contributed by atoms with Crippen LogP contribution in [0.3, 0.4) is 0 Å². The number of nitrogens with zero attached hydrogens (tertiary/aromatic N) is 4. The average Bonchev–Trinajstić information content (AvgIpc) is 3.16. The van der Waals surface area contributed by atoms with E-state index in [0.29, 0.717) is 18.2 Å². The second-order valence-corrected chi connectivity index (χ2v) is 8.80. The molecule has 4 heterocycles. The van der Waals surface area contributed by atoms with Crippen molar-refractivity contribution in [2.75, 3.05) is 24.5 Å². The first-order valence-corrected chi connectivity index (χ1v) is 10.9. The summed E-state index contributed by atoms with van der Waals surface area (Å²) in [5, 5.41) is 2.92. The first kappa shape index (κ1) is 19.0. The molecule has 3 aromatic rings. The number of piperidine rings is 1. The van der Waals surface area contributed by atoms with Crippen molar-refractivity contribution in [3.8, 4) is 0 Å². The highest BCUT2D eigenvalue weighted by Gasteiger charge is 2.30. The number of anilines is 1. The van der Waals surface area contributed by atoms with Gasteiger partial charge in [0, 0.05) is 37.0 Å². The van der Waals surface area contributed by atoms with Crippen LogP contribution < -0.4 is 10.2 Å². The maximum Gasteiger partial charge on any atom is 0.270 e. The van der Waals surface area contributed by atoms with E-state index in [1.165, 1.54) is 5.56 Å². The van der Waals surface area contributed by atoms with E-state index in [0.717, 1.165) is 66.4 Å². The van der Waals surface area contributed by atoms with Crippen LogP contribution in [0.1, 0.15) is 71.8 Å². The molecule has 1 aromatic carbocycles. The van der Waals surface area contributed by atoms with Gasteiger partial charge in [0.15, 0.2) is 0 Å². The molecule has 0 spiro atoms. The minimum absolute atomic E-state index is 0.0748. The van der Waals surface area contributed by atoms with Gasteiger partial charge in [-0.05, 0) is 43.9 Å². The number of imidazole rings is 1. The molecule has 2 aliphatic heterocycles. The van der Waals surface area contributed by atoms with Gasteiger partial charge < -0.3 is 15.2 Å². The van der Waals surface area contributed by atoms with Crippen molar-refractivity contribution < 1.29 is 4.79 Å². The Labute approximate surface area is 176 Å². The predicted octanol–water partition coefficient (Wildman–Crippen LogP) is 3.45. The molecular formula is C23H28N6O. The lowest BCUT2D eigenvalue weighted by atomic mass is 9.95. The number of carbonyl (C=O) groups is 1. The maximum absolute atomic E-state index is 12.4. The molecule has 0 radical (unpaired) electrons. The van der Waals surface area contributed by atoms with E-state index in [1.807, 2.05) is 0 Å². The SMILES string of the molecule is Cc1ccc2nc(C3CCN(c4nc(C(C)C)nc5c4CCNC5=O)CC3)[nH]c2c1. The van der Waals surface area contributed by atoms with Crippen molar-refractivity contribution in [3.05, 3.63) is 46.7 Å². The average molecular weight is 405 g/mol. The first-order chi connectivity index (χ1) is 14.5. The van der Waals surface area contributed by atoms with Crippen molar-refractivity contribution in [3.63, 3.8) is 0 Å². The zero-order chi connectivity index (χ0) is 20.8. The highest BCUT2D eigenvalue weighted by atomic mass is 16.1. The second kappa shape index (κ2) is 7.38. The Balaban J connectivity index is 1.40. The Bertz CT molecular complexity index is 1110. The van der Waals surface area contributed by atoms with E-state index >= 15 is 0 Å². The van der Waals surface area contributed by atoms with E-state index < -0.39 is 0 Å². The molecule has 2 aliphatic rings. The fraction of sp³-hybridized carbons (Fsp3) is 0.478. The zero-order valence-corrected chi connectivity index (χ0v) is 17.8. The van der Waals surface area contributed by atoms with Crippen molar-refractivity contribution in [2.45, 2.75) is 51.9 Å². The van der Waals surface area contributed by atoms with Crippen LogP contribution in [0.4, 0.5) is 5.82 Å². The number of H-pyrrole nitrogens is 1. The molecule has 2 N–H and O–H groups in total. The van der Waals surface area contributed by atoms with Gasteiger partial charge in [0.1, 0.15) is 23.2 Å². The molecule has 1 saturated heterocycles. The largest absolute Gasteiger partial charge is 0.356 e. The van der Waals surface area contributed by atoms with Gasteiger partial charge in [-0.15, -0.1) is 0 Å². The summed E-state index contributed by atoms with van der Waals surface area (Å²) in [6, 6.07) is 6.36. The van der Waals surface area contributed by atoms with E-state index in [9.17, 15) is 4.79 Å². The Hall–Kier alpha value is -2.96. The van der Waals surface area contributed by atoms with Crippen LogP contribution in [0, 0.1) is 6.92 Å². The van der Waals surface area contributed by atoms with Crippen LogP contribution in [0.25, 0.3) is 11.0 Å². The maximum atomic E-state index is 12.4. The molecule has 5 rings (SSSR count). The number of carbonyl (C=O) groups excluding carboxylic acids is 1. The number of benzene rings is 1. The third kappa shape index (κ3) is 3.32. The van der Waals surface area contributed by atoms with Gasteiger partial charge in [0.25, 0.3) is 5.91 Å². The molecule has 0 bridgehead atoms. The number of hydrogen-bond donors (Lipinski definition) is 2. The molecule has 0 atom stereocenters. The lowest BCUT2D eigenvalue weighted by Gasteiger charge is -2.34. The van der Waals surface area contributed by atoms with Crippen LogP contribution in [0.5, 0.6) is 0 Å². The van der Waals surface area contributed by atoms with E-state index in [1.54, 1.807) is 0 Å². The summed E-state index contributed by atoms with van der Waals surface area (Å²) in [5.74, 6) is 3.31. The van der Waals surface area contributed by atoms with Crippen molar-refractivity contribution in [1.82, 2.24) is 25.3 Å². The monoisotopic (exact) mass is 404 g/mol. The summed E-state index contributed by atoms with van der Waals surface area (Å²) < 4.78 is 0. The third-order valence-corrected chi connectivity index (χ3v) is 6.23. The smallest absolute Gasteiger partial charge is 0.270 e.